The summed E-state index contributed by atoms with van der Waals surface area (Å²) < 4.78 is 24.1. The molecule has 2 aliphatic rings. The number of ether oxygens (including phenoxy) is 4. The van der Waals surface area contributed by atoms with Crippen LogP contribution >= 0.6 is 0 Å². The van der Waals surface area contributed by atoms with E-state index in [2.05, 4.69) is 27.7 Å². The van der Waals surface area contributed by atoms with Crippen molar-refractivity contribution in [2.75, 3.05) is 0 Å². The zero-order valence-electron chi connectivity index (χ0n) is 20.7. The fourth-order valence-corrected chi connectivity index (χ4v) is 5.25. The predicted octanol–water partition coefficient (Wildman–Crippen LogP) is 5.67. The first-order valence-corrected chi connectivity index (χ1v) is 11.3. The quantitative estimate of drug-likeness (QED) is 0.432. The molecule has 2 aliphatic heterocycles. The molecule has 0 N–H and O–H groups in total. The van der Waals surface area contributed by atoms with Crippen molar-refractivity contribution in [3.63, 3.8) is 0 Å². The zero-order chi connectivity index (χ0) is 24.3. The van der Waals surface area contributed by atoms with Crippen molar-refractivity contribution in [2.45, 2.75) is 84.8 Å². The summed E-state index contributed by atoms with van der Waals surface area (Å²) >= 11 is 0. The van der Waals surface area contributed by atoms with Gasteiger partial charge in [-0.1, -0.05) is 27.7 Å². The van der Waals surface area contributed by atoms with Crippen molar-refractivity contribution in [1.29, 1.82) is 0 Å². The molecule has 6 heteroatoms. The molecule has 0 saturated heterocycles. The fourth-order valence-electron chi connectivity index (χ4n) is 5.25. The molecule has 0 atom stereocenters. The SMILES string of the molecule is CC(=O)Oc1cc2c(cc1C)OC1(CC2(C)C)CC(C)(C)c2cc(OC(C)=O)c(C)cc2O1. The van der Waals surface area contributed by atoms with E-state index in [1.54, 1.807) is 0 Å². The van der Waals surface area contributed by atoms with Crippen LogP contribution in [0.5, 0.6) is 23.0 Å². The van der Waals surface area contributed by atoms with Gasteiger partial charge in [-0.2, -0.15) is 0 Å². The van der Waals surface area contributed by atoms with Gasteiger partial charge in [-0.25, -0.2) is 0 Å². The van der Waals surface area contributed by atoms with E-state index in [4.69, 9.17) is 18.9 Å². The molecule has 176 valence electrons. The van der Waals surface area contributed by atoms with Crippen molar-refractivity contribution < 1.29 is 28.5 Å². The lowest BCUT2D eigenvalue weighted by Crippen LogP contribution is -2.55. The number of esters is 2. The average Bonchev–Trinajstić information content (AvgIpc) is 2.62. The van der Waals surface area contributed by atoms with E-state index in [9.17, 15) is 9.59 Å². The molecule has 1 spiro atoms. The van der Waals surface area contributed by atoms with E-state index < -0.39 is 5.79 Å². The van der Waals surface area contributed by atoms with E-state index in [1.807, 2.05) is 38.1 Å². The third-order valence-electron chi connectivity index (χ3n) is 6.53. The molecule has 2 aromatic rings. The highest BCUT2D eigenvalue weighted by atomic mass is 16.7. The molecule has 4 rings (SSSR count). The number of carbonyl (C=O) groups is 2. The van der Waals surface area contributed by atoms with Gasteiger partial charge >= 0.3 is 11.9 Å². The molecule has 0 saturated carbocycles. The monoisotopic (exact) mass is 452 g/mol. The van der Waals surface area contributed by atoms with Crippen molar-refractivity contribution in [3.8, 4) is 23.0 Å². The molecule has 0 aliphatic carbocycles. The summed E-state index contributed by atoms with van der Waals surface area (Å²) in [5.74, 6) is 1.05. The maximum absolute atomic E-state index is 11.5. The van der Waals surface area contributed by atoms with Crippen LogP contribution in [0.1, 0.15) is 76.6 Å². The molecule has 0 radical (unpaired) electrons. The minimum atomic E-state index is -0.849. The first-order chi connectivity index (χ1) is 15.2. The molecular weight excluding hydrogens is 420 g/mol. The number of hydrogen-bond acceptors (Lipinski definition) is 6. The van der Waals surface area contributed by atoms with Gasteiger partial charge < -0.3 is 18.9 Å². The van der Waals surface area contributed by atoms with Gasteiger partial charge in [0.2, 0.25) is 0 Å². The Morgan fingerprint density at radius 2 is 1.09 bits per heavy atom. The Morgan fingerprint density at radius 3 is 1.42 bits per heavy atom. The molecule has 33 heavy (non-hydrogen) atoms. The Bertz CT molecular complexity index is 1070. The molecule has 0 amide bonds. The summed E-state index contributed by atoms with van der Waals surface area (Å²) in [7, 11) is 0. The lowest BCUT2D eigenvalue weighted by atomic mass is 9.69. The number of benzene rings is 2. The summed E-state index contributed by atoms with van der Waals surface area (Å²) in [6, 6.07) is 7.68. The van der Waals surface area contributed by atoms with Crippen molar-refractivity contribution >= 4 is 11.9 Å². The molecule has 2 aromatic carbocycles. The van der Waals surface area contributed by atoms with Crippen LogP contribution in [-0.2, 0) is 20.4 Å². The summed E-state index contributed by atoms with van der Waals surface area (Å²) in [6.45, 7) is 15.2. The first-order valence-electron chi connectivity index (χ1n) is 11.3. The minimum absolute atomic E-state index is 0.281. The van der Waals surface area contributed by atoms with Crippen molar-refractivity contribution in [3.05, 3.63) is 46.5 Å². The zero-order valence-corrected chi connectivity index (χ0v) is 20.7. The Hall–Kier alpha value is -3.02. The Labute approximate surface area is 195 Å². The predicted molar refractivity (Wildman–Crippen MR) is 124 cm³/mol. The van der Waals surface area contributed by atoms with E-state index in [-0.39, 0.29) is 22.8 Å². The first kappa shape index (κ1) is 23.1. The number of aryl methyl sites for hydroxylation is 2. The molecule has 0 bridgehead atoms. The summed E-state index contributed by atoms with van der Waals surface area (Å²) in [4.78, 5) is 23.1. The highest BCUT2D eigenvalue weighted by Gasteiger charge is 2.53. The highest BCUT2D eigenvalue weighted by Crippen LogP contribution is 2.55. The van der Waals surface area contributed by atoms with Crippen LogP contribution in [0.25, 0.3) is 0 Å². The van der Waals surface area contributed by atoms with E-state index in [0.29, 0.717) is 24.3 Å². The van der Waals surface area contributed by atoms with Gasteiger partial charge in [0.15, 0.2) is 0 Å². The van der Waals surface area contributed by atoms with Crippen LogP contribution in [0.4, 0.5) is 0 Å². The largest absolute Gasteiger partial charge is 0.452 e. The van der Waals surface area contributed by atoms with Gasteiger partial charge in [0.05, 0.1) is 0 Å². The second-order valence-electron chi connectivity index (χ2n) is 10.7. The van der Waals surface area contributed by atoms with Crippen LogP contribution < -0.4 is 18.9 Å². The second-order valence-corrected chi connectivity index (χ2v) is 10.7. The molecule has 0 unspecified atom stereocenters. The highest BCUT2D eigenvalue weighted by molar-refractivity contribution is 5.71. The third kappa shape index (κ3) is 4.19. The Kier molecular flexibility index (Phi) is 5.26. The standard InChI is InChI=1S/C27H32O6/c1-15-9-23-19(11-21(15)30-17(3)28)25(5,6)13-27(32-23)14-26(7,8)20-12-22(31-18(4)29)16(2)10-24(20)33-27/h9-12H,13-14H2,1-8H3. The maximum atomic E-state index is 11.5. The number of fused-ring (bicyclic) bond motifs is 2. The maximum Gasteiger partial charge on any atom is 0.308 e. The third-order valence-corrected chi connectivity index (χ3v) is 6.53. The van der Waals surface area contributed by atoms with Gasteiger partial charge in [-0.3, -0.25) is 9.59 Å². The lowest BCUT2D eigenvalue weighted by Gasteiger charge is -2.51. The van der Waals surface area contributed by atoms with Gasteiger partial charge in [-0.05, 0) is 49.2 Å². The van der Waals surface area contributed by atoms with Crippen LogP contribution in [0.2, 0.25) is 0 Å². The molecule has 0 fully saturated rings. The summed E-state index contributed by atoms with van der Waals surface area (Å²) in [5.41, 5.74) is 3.07. The van der Waals surface area contributed by atoms with Crippen molar-refractivity contribution in [1.82, 2.24) is 0 Å². The molecule has 0 aromatic heterocycles. The van der Waals surface area contributed by atoms with E-state index in [1.165, 1.54) is 13.8 Å². The Morgan fingerprint density at radius 1 is 0.727 bits per heavy atom. The normalized spacial score (nSPS) is 18.9. The molecular formula is C27H32O6. The van der Waals surface area contributed by atoms with Crippen LogP contribution in [0, 0.1) is 13.8 Å². The minimum Gasteiger partial charge on any atom is -0.452 e. The van der Waals surface area contributed by atoms with E-state index in [0.717, 1.165) is 33.8 Å². The molecule has 2 heterocycles. The van der Waals surface area contributed by atoms with Gasteiger partial charge in [-0.15, -0.1) is 0 Å². The average molecular weight is 453 g/mol. The number of hydrogen-bond donors (Lipinski definition) is 0. The number of carbonyl (C=O) groups excluding carboxylic acids is 2. The second kappa shape index (κ2) is 7.51. The van der Waals surface area contributed by atoms with Gasteiger partial charge in [0.1, 0.15) is 23.0 Å². The van der Waals surface area contributed by atoms with Crippen LogP contribution in [0.3, 0.4) is 0 Å². The summed E-state index contributed by atoms with van der Waals surface area (Å²) in [6.07, 6.45) is 1.26. The van der Waals surface area contributed by atoms with E-state index >= 15 is 0 Å². The van der Waals surface area contributed by atoms with Crippen LogP contribution in [0.15, 0.2) is 24.3 Å². The molecule has 6 nitrogen and oxygen atoms in total. The van der Waals surface area contributed by atoms with Crippen molar-refractivity contribution in [2.24, 2.45) is 0 Å². The fraction of sp³-hybridized carbons (Fsp3) is 0.481. The Balaban J connectivity index is 1.77. The smallest absolute Gasteiger partial charge is 0.308 e. The number of rotatable bonds is 2. The van der Waals surface area contributed by atoms with Crippen LogP contribution in [-0.4, -0.2) is 17.7 Å². The van der Waals surface area contributed by atoms with Gasteiger partial charge in [0.25, 0.3) is 5.79 Å². The lowest BCUT2D eigenvalue weighted by molar-refractivity contribution is -0.166. The van der Waals surface area contributed by atoms with Gasteiger partial charge in [0, 0.05) is 48.6 Å². The summed E-state index contributed by atoms with van der Waals surface area (Å²) in [5, 5.41) is 0. The topological polar surface area (TPSA) is 71.1 Å².